The van der Waals surface area contributed by atoms with Crippen molar-refractivity contribution in [2.24, 2.45) is 5.41 Å². The number of rotatable bonds is 4. The number of hydrogen-bond acceptors (Lipinski definition) is 7. The fourth-order valence-corrected chi connectivity index (χ4v) is 2.66. The van der Waals surface area contributed by atoms with Crippen molar-refractivity contribution < 1.29 is 24.5 Å². The minimum absolute atomic E-state index is 0.567. The molecule has 0 saturated heterocycles. The normalized spacial score (nSPS) is 16.6. The van der Waals surface area contributed by atoms with Crippen molar-refractivity contribution in [1.82, 2.24) is 0 Å². The second kappa shape index (κ2) is 6.19. The van der Waals surface area contributed by atoms with Gasteiger partial charge in [0.05, 0.1) is 27.4 Å². The number of esters is 1. The molecule has 0 bridgehead atoms. The molecule has 0 heterocycles. The van der Waals surface area contributed by atoms with E-state index >= 15 is 0 Å². The van der Waals surface area contributed by atoms with Gasteiger partial charge in [-0.1, -0.05) is 19.3 Å². The van der Waals surface area contributed by atoms with Crippen LogP contribution in [0.5, 0.6) is 11.5 Å². The van der Waals surface area contributed by atoms with Gasteiger partial charge in [-0.3, -0.25) is 25.0 Å². The summed E-state index contributed by atoms with van der Waals surface area (Å²) in [6.45, 7) is 1.72. The smallest absolute Gasteiger partial charge is 0.321 e. The molecule has 1 aliphatic rings. The number of ether oxygens (including phenoxy) is 1. The first-order chi connectivity index (χ1) is 10.7. The third-order valence-electron chi connectivity index (χ3n) is 4.10. The van der Waals surface area contributed by atoms with Crippen molar-refractivity contribution in [3.63, 3.8) is 0 Å². The average molecular weight is 324 g/mol. The summed E-state index contributed by atoms with van der Waals surface area (Å²) >= 11 is 0. The Balaban J connectivity index is 2.36. The number of phenols is 1. The van der Waals surface area contributed by atoms with Crippen LogP contribution in [0.3, 0.4) is 0 Å². The minimum Gasteiger partial charge on any atom is -0.499 e. The van der Waals surface area contributed by atoms with Gasteiger partial charge in [0.15, 0.2) is 5.75 Å². The van der Waals surface area contributed by atoms with E-state index in [0.29, 0.717) is 18.9 Å². The molecule has 124 valence electrons. The van der Waals surface area contributed by atoms with E-state index in [0.717, 1.165) is 25.3 Å². The summed E-state index contributed by atoms with van der Waals surface area (Å²) in [7, 11) is 0. The first-order valence-corrected chi connectivity index (χ1v) is 7.13. The highest BCUT2D eigenvalue weighted by Gasteiger charge is 2.37. The number of nitrogens with zero attached hydrogens (tertiary/aromatic N) is 2. The predicted octanol–water partition coefficient (Wildman–Crippen LogP) is 3.08. The maximum atomic E-state index is 12.3. The second-order valence-corrected chi connectivity index (χ2v) is 5.84. The highest BCUT2D eigenvalue weighted by molar-refractivity contribution is 5.80. The quantitative estimate of drug-likeness (QED) is 0.389. The lowest BCUT2D eigenvalue weighted by atomic mass is 9.76. The molecule has 0 aromatic heterocycles. The Bertz CT molecular complexity index is 665. The van der Waals surface area contributed by atoms with Crippen LogP contribution in [0.1, 0.15) is 39.0 Å². The van der Waals surface area contributed by atoms with Crippen molar-refractivity contribution >= 4 is 17.3 Å². The number of benzene rings is 1. The molecule has 0 radical (unpaired) electrons. The molecule has 1 saturated carbocycles. The molecule has 0 spiro atoms. The minimum atomic E-state index is -0.970. The van der Waals surface area contributed by atoms with Crippen LogP contribution in [0.15, 0.2) is 12.1 Å². The Morgan fingerprint density at radius 1 is 1.17 bits per heavy atom. The molecule has 23 heavy (non-hydrogen) atoms. The molecule has 1 aromatic carbocycles. The summed E-state index contributed by atoms with van der Waals surface area (Å²) in [6.07, 6.45) is 3.92. The van der Waals surface area contributed by atoms with Crippen LogP contribution in [-0.4, -0.2) is 20.9 Å². The van der Waals surface area contributed by atoms with E-state index in [-0.39, 0.29) is 0 Å². The van der Waals surface area contributed by atoms with Gasteiger partial charge in [0.1, 0.15) is 0 Å². The van der Waals surface area contributed by atoms with Gasteiger partial charge in [0.2, 0.25) is 5.75 Å². The van der Waals surface area contributed by atoms with Gasteiger partial charge in [0.25, 0.3) is 5.69 Å². The van der Waals surface area contributed by atoms with Crippen LogP contribution < -0.4 is 4.74 Å². The molecule has 0 aliphatic heterocycles. The maximum Gasteiger partial charge on any atom is 0.321 e. The summed E-state index contributed by atoms with van der Waals surface area (Å²) in [5.74, 6) is -2.11. The molecule has 2 rings (SSSR count). The molecule has 1 aliphatic carbocycles. The molecular formula is C14H16N2O7. The van der Waals surface area contributed by atoms with E-state index in [9.17, 15) is 30.1 Å². The Hall–Kier alpha value is -2.71. The zero-order valence-corrected chi connectivity index (χ0v) is 12.5. The molecular weight excluding hydrogens is 308 g/mol. The summed E-state index contributed by atoms with van der Waals surface area (Å²) in [6, 6.07) is 1.43. The van der Waals surface area contributed by atoms with Crippen LogP contribution in [0.2, 0.25) is 0 Å². The predicted molar refractivity (Wildman–Crippen MR) is 78.2 cm³/mol. The number of nitro benzene ring substituents is 2. The number of nitro groups is 2. The zero-order chi connectivity index (χ0) is 17.2. The summed E-state index contributed by atoms with van der Waals surface area (Å²) < 4.78 is 5.07. The van der Waals surface area contributed by atoms with Crippen LogP contribution in [0.25, 0.3) is 0 Å². The second-order valence-electron chi connectivity index (χ2n) is 5.84. The van der Waals surface area contributed by atoms with E-state index < -0.39 is 44.1 Å². The molecule has 1 N–H and O–H groups in total. The molecule has 9 nitrogen and oxygen atoms in total. The van der Waals surface area contributed by atoms with Gasteiger partial charge in [-0.05, 0) is 19.8 Å². The van der Waals surface area contributed by atoms with Crippen LogP contribution in [0.4, 0.5) is 11.4 Å². The molecule has 1 fully saturated rings. The Morgan fingerprint density at radius 2 is 1.78 bits per heavy atom. The van der Waals surface area contributed by atoms with Crippen molar-refractivity contribution in [3.8, 4) is 11.5 Å². The molecule has 9 heteroatoms. The van der Waals surface area contributed by atoms with Gasteiger partial charge in [0, 0.05) is 0 Å². The lowest BCUT2D eigenvalue weighted by Crippen LogP contribution is -2.34. The number of aromatic hydroxyl groups is 1. The number of non-ortho nitro benzene ring substituents is 1. The number of hydrogen-bond donors (Lipinski definition) is 1. The Labute approximate surface area is 131 Å². The summed E-state index contributed by atoms with van der Waals surface area (Å²) in [5, 5.41) is 31.6. The zero-order valence-electron chi connectivity index (χ0n) is 12.5. The van der Waals surface area contributed by atoms with Crippen molar-refractivity contribution in [2.75, 3.05) is 0 Å². The third kappa shape index (κ3) is 3.38. The van der Waals surface area contributed by atoms with Gasteiger partial charge < -0.3 is 9.84 Å². The Morgan fingerprint density at radius 3 is 2.30 bits per heavy atom. The van der Waals surface area contributed by atoms with Crippen LogP contribution in [0, 0.1) is 25.6 Å². The van der Waals surface area contributed by atoms with Crippen molar-refractivity contribution in [2.45, 2.75) is 39.0 Å². The van der Waals surface area contributed by atoms with E-state index in [1.165, 1.54) is 0 Å². The van der Waals surface area contributed by atoms with Crippen LogP contribution >= 0.6 is 0 Å². The lowest BCUT2D eigenvalue weighted by Gasteiger charge is -2.30. The van der Waals surface area contributed by atoms with Gasteiger partial charge >= 0.3 is 11.7 Å². The standard InChI is InChI=1S/C14H16N2O7/c1-14(5-3-2-4-6-14)13(18)23-11-8-9(15(19)20)7-10(12(11)17)16(21)22/h7-8,17H,2-6H2,1H3. The maximum absolute atomic E-state index is 12.3. The topological polar surface area (TPSA) is 133 Å². The largest absolute Gasteiger partial charge is 0.499 e. The lowest BCUT2D eigenvalue weighted by molar-refractivity contribution is -0.394. The van der Waals surface area contributed by atoms with Gasteiger partial charge in [-0.15, -0.1) is 0 Å². The monoisotopic (exact) mass is 324 g/mol. The number of phenolic OH excluding ortho intramolecular Hbond substituents is 1. The van der Waals surface area contributed by atoms with Crippen molar-refractivity contribution in [3.05, 3.63) is 32.4 Å². The van der Waals surface area contributed by atoms with E-state index in [1.54, 1.807) is 6.92 Å². The average Bonchev–Trinajstić information content (AvgIpc) is 2.49. The molecule has 1 aromatic rings. The number of carbonyl (C=O) groups excluding carboxylic acids is 1. The molecule has 0 amide bonds. The number of carbonyl (C=O) groups is 1. The van der Waals surface area contributed by atoms with E-state index in [4.69, 9.17) is 4.74 Å². The van der Waals surface area contributed by atoms with Gasteiger partial charge in [-0.25, -0.2) is 0 Å². The Kier molecular flexibility index (Phi) is 4.48. The summed E-state index contributed by atoms with van der Waals surface area (Å²) in [4.78, 5) is 32.2. The summed E-state index contributed by atoms with van der Waals surface area (Å²) in [5.41, 5.74) is -2.27. The molecule has 0 atom stereocenters. The first kappa shape index (κ1) is 16.7. The third-order valence-corrected chi connectivity index (χ3v) is 4.10. The van der Waals surface area contributed by atoms with Crippen LogP contribution in [-0.2, 0) is 4.79 Å². The fourth-order valence-electron chi connectivity index (χ4n) is 2.66. The van der Waals surface area contributed by atoms with Gasteiger partial charge in [-0.2, -0.15) is 0 Å². The first-order valence-electron chi connectivity index (χ1n) is 7.13. The highest BCUT2D eigenvalue weighted by Crippen LogP contribution is 2.42. The SMILES string of the molecule is CC1(C(=O)Oc2cc([N+](=O)[O-])cc([N+](=O)[O-])c2O)CCCCC1. The van der Waals surface area contributed by atoms with Crippen molar-refractivity contribution in [1.29, 1.82) is 0 Å². The highest BCUT2D eigenvalue weighted by atomic mass is 16.6. The van der Waals surface area contributed by atoms with E-state index in [1.807, 2.05) is 0 Å². The molecule has 0 unspecified atom stereocenters. The van der Waals surface area contributed by atoms with E-state index in [2.05, 4.69) is 0 Å². The fraction of sp³-hybridized carbons (Fsp3) is 0.500.